The van der Waals surface area contributed by atoms with Crippen LogP contribution in [0.15, 0.2) is 46.9 Å². The minimum absolute atomic E-state index is 0.665. The molecule has 0 amide bonds. The molecule has 0 spiro atoms. The highest BCUT2D eigenvalue weighted by Crippen LogP contribution is 2.25. The van der Waals surface area contributed by atoms with E-state index in [4.69, 9.17) is 4.74 Å². The van der Waals surface area contributed by atoms with Crippen molar-refractivity contribution >= 4 is 33.3 Å². The summed E-state index contributed by atoms with van der Waals surface area (Å²) in [6, 6.07) is 16.5. The first-order chi connectivity index (χ1) is 11.7. The second-order valence-electron chi connectivity index (χ2n) is 5.82. The van der Waals surface area contributed by atoms with Crippen LogP contribution in [-0.2, 0) is 4.74 Å². The fourth-order valence-electron chi connectivity index (χ4n) is 2.83. The molecule has 1 aliphatic heterocycles. The van der Waals surface area contributed by atoms with Gasteiger partial charge in [-0.1, -0.05) is 34.1 Å². The largest absolute Gasteiger partial charge is 0.378 e. The highest BCUT2D eigenvalue weighted by atomic mass is 79.9. The summed E-state index contributed by atoms with van der Waals surface area (Å²) in [5.74, 6) is 0. The van der Waals surface area contributed by atoms with Crippen LogP contribution in [0, 0.1) is 18.3 Å². The normalized spacial score (nSPS) is 15.2. The van der Waals surface area contributed by atoms with E-state index < -0.39 is 0 Å². The van der Waals surface area contributed by atoms with E-state index in [1.54, 1.807) is 0 Å². The van der Waals surface area contributed by atoms with Crippen molar-refractivity contribution in [2.45, 2.75) is 6.92 Å². The average molecular weight is 383 g/mol. The van der Waals surface area contributed by atoms with E-state index in [9.17, 15) is 5.26 Å². The molecule has 2 aromatic carbocycles. The van der Waals surface area contributed by atoms with Gasteiger partial charge in [0.1, 0.15) is 0 Å². The Balaban J connectivity index is 1.90. The molecule has 4 heteroatoms. The molecule has 0 saturated carbocycles. The van der Waals surface area contributed by atoms with Crippen molar-refractivity contribution in [3.05, 3.63) is 63.6 Å². The van der Waals surface area contributed by atoms with E-state index in [2.05, 4.69) is 52.0 Å². The molecule has 0 N–H and O–H groups in total. The summed E-state index contributed by atoms with van der Waals surface area (Å²) < 4.78 is 6.38. The van der Waals surface area contributed by atoms with Gasteiger partial charge in [-0.3, -0.25) is 0 Å². The molecule has 0 unspecified atom stereocenters. The molecular formula is C20H19BrN2O. The number of aryl methyl sites for hydroxylation is 1. The number of nitrogens with zero attached hydrogens (tertiary/aromatic N) is 2. The van der Waals surface area contributed by atoms with Gasteiger partial charge in [0.15, 0.2) is 0 Å². The lowest BCUT2D eigenvalue weighted by molar-refractivity contribution is 0.122. The number of morpholine rings is 1. The molecule has 1 aliphatic rings. The van der Waals surface area contributed by atoms with E-state index in [1.807, 2.05) is 30.3 Å². The molecule has 0 radical (unpaired) electrons. The quantitative estimate of drug-likeness (QED) is 0.572. The number of halogens is 1. The Labute approximate surface area is 151 Å². The Kier molecular flexibility index (Phi) is 5.34. The number of hydrogen-bond donors (Lipinski definition) is 0. The summed E-state index contributed by atoms with van der Waals surface area (Å²) in [6.45, 7) is 5.50. The molecule has 0 aliphatic carbocycles. The molecule has 3 nitrogen and oxygen atoms in total. The molecule has 0 aromatic heterocycles. The van der Waals surface area contributed by atoms with Crippen molar-refractivity contribution < 1.29 is 4.74 Å². The summed E-state index contributed by atoms with van der Waals surface area (Å²) in [5.41, 5.74) is 5.04. The van der Waals surface area contributed by atoms with Gasteiger partial charge < -0.3 is 9.64 Å². The van der Waals surface area contributed by atoms with Gasteiger partial charge in [0, 0.05) is 23.2 Å². The van der Waals surface area contributed by atoms with Crippen LogP contribution in [-0.4, -0.2) is 26.3 Å². The van der Waals surface area contributed by atoms with Crippen molar-refractivity contribution in [1.29, 1.82) is 5.26 Å². The highest BCUT2D eigenvalue weighted by molar-refractivity contribution is 9.10. The van der Waals surface area contributed by atoms with Crippen LogP contribution in [0.25, 0.3) is 11.6 Å². The van der Waals surface area contributed by atoms with E-state index in [0.29, 0.717) is 5.57 Å². The molecule has 0 atom stereocenters. The zero-order valence-corrected chi connectivity index (χ0v) is 15.2. The molecule has 1 heterocycles. The number of ether oxygens (including phenoxy) is 1. The van der Waals surface area contributed by atoms with Crippen molar-refractivity contribution in [3.8, 4) is 6.07 Å². The van der Waals surface area contributed by atoms with Crippen molar-refractivity contribution in [3.63, 3.8) is 0 Å². The van der Waals surface area contributed by atoms with Gasteiger partial charge in [0.25, 0.3) is 0 Å². The molecule has 122 valence electrons. The fourth-order valence-corrected chi connectivity index (χ4v) is 3.23. The minimum atomic E-state index is 0.665. The van der Waals surface area contributed by atoms with E-state index in [0.717, 1.165) is 41.9 Å². The van der Waals surface area contributed by atoms with Crippen LogP contribution in [0.4, 0.5) is 5.69 Å². The van der Waals surface area contributed by atoms with Crippen LogP contribution in [0.5, 0.6) is 0 Å². The molecular weight excluding hydrogens is 364 g/mol. The van der Waals surface area contributed by atoms with Gasteiger partial charge in [0.05, 0.1) is 24.9 Å². The lowest BCUT2D eigenvalue weighted by Gasteiger charge is -2.29. The molecule has 1 saturated heterocycles. The Morgan fingerprint density at radius 3 is 2.67 bits per heavy atom. The third-order valence-electron chi connectivity index (χ3n) is 4.19. The zero-order chi connectivity index (χ0) is 16.9. The minimum Gasteiger partial charge on any atom is -0.378 e. The maximum absolute atomic E-state index is 9.53. The zero-order valence-electron chi connectivity index (χ0n) is 13.6. The fraction of sp³-hybridized carbons (Fsp3) is 0.250. The standard InChI is InChI=1S/C20H19BrN2O/c1-15-11-20(23-7-9-24-10-8-23)6-5-16(15)12-18(14-22)17-3-2-4-19(21)13-17/h2-6,11-13H,7-10H2,1H3/b18-12-. The molecule has 3 rings (SSSR count). The van der Waals surface area contributed by atoms with Crippen LogP contribution in [0.1, 0.15) is 16.7 Å². The number of nitriles is 1. The monoisotopic (exact) mass is 382 g/mol. The summed E-state index contributed by atoms with van der Waals surface area (Å²) in [5, 5.41) is 9.53. The number of anilines is 1. The van der Waals surface area contributed by atoms with E-state index >= 15 is 0 Å². The predicted molar refractivity (Wildman–Crippen MR) is 102 cm³/mol. The molecule has 24 heavy (non-hydrogen) atoms. The van der Waals surface area contributed by atoms with Crippen molar-refractivity contribution in [2.75, 3.05) is 31.2 Å². The molecule has 2 aromatic rings. The smallest absolute Gasteiger partial charge is 0.0998 e. The maximum atomic E-state index is 9.53. The first-order valence-electron chi connectivity index (χ1n) is 7.98. The second kappa shape index (κ2) is 7.65. The third-order valence-corrected chi connectivity index (χ3v) is 4.68. The third kappa shape index (κ3) is 3.87. The first kappa shape index (κ1) is 16.8. The average Bonchev–Trinajstić information content (AvgIpc) is 2.61. The lowest BCUT2D eigenvalue weighted by Crippen LogP contribution is -2.36. The highest BCUT2D eigenvalue weighted by Gasteiger charge is 2.12. The first-order valence-corrected chi connectivity index (χ1v) is 8.78. The summed E-state index contributed by atoms with van der Waals surface area (Å²) in [7, 11) is 0. The van der Waals surface area contributed by atoms with E-state index in [1.165, 1.54) is 11.3 Å². The second-order valence-corrected chi connectivity index (χ2v) is 6.74. The van der Waals surface area contributed by atoms with Crippen molar-refractivity contribution in [1.82, 2.24) is 0 Å². The number of benzene rings is 2. The Morgan fingerprint density at radius 2 is 2.00 bits per heavy atom. The van der Waals surface area contributed by atoms with Crippen LogP contribution in [0.3, 0.4) is 0 Å². The van der Waals surface area contributed by atoms with Crippen LogP contribution >= 0.6 is 15.9 Å². The van der Waals surface area contributed by atoms with Gasteiger partial charge in [-0.2, -0.15) is 5.26 Å². The Bertz CT molecular complexity index is 802. The summed E-state index contributed by atoms with van der Waals surface area (Å²) in [6.07, 6.45) is 1.96. The van der Waals surface area contributed by atoms with Crippen LogP contribution in [0.2, 0.25) is 0 Å². The maximum Gasteiger partial charge on any atom is 0.0998 e. The van der Waals surface area contributed by atoms with Gasteiger partial charge in [0.2, 0.25) is 0 Å². The van der Waals surface area contributed by atoms with Gasteiger partial charge in [-0.05, 0) is 54.0 Å². The number of allylic oxidation sites excluding steroid dienone is 1. The number of rotatable bonds is 3. The summed E-state index contributed by atoms with van der Waals surface area (Å²) >= 11 is 3.46. The van der Waals surface area contributed by atoms with Gasteiger partial charge in [-0.15, -0.1) is 0 Å². The molecule has 0 bridgehead atoms. The van der Waals surface area contributed by atoms with Gasteiger partial charge >= 0.3 is 0 Å². The lowest BCUT2D eigenvalue weighted by atomic mass is 10.0. The van der Waals surface area contributed by atoms with E-state index in [-0.39, 0.29) is 0 Å². The Morgan fingerprint density at radius 1 is 1.21 bits per heavy atom. The molecule has 1 fully saturated rings. The summed E-state index contributed by atoms with van der Waals surface area (Å²) in [4.78, 5) is 2.34. The Hall–Kier alpha value is -2.09. The SMILES string of the molecule is Cc1cc(N2CCOCC2)ccc1/C=C(/C#N)c1cccc(Br)c1. The van der Waals surface area contributed by atoms with Crippen LogP contribution < -0.4 is 4.90 Å². The number of hydrogen-bond acceptors (Lipinski definition) is 3. The van der Waals surface area contributed by atoms with Gasteiger partial charge in [-0.25, -0.2) is 0 Å². The topological polar surface area (TPSA) is 36.3 Å². The predicted octanol–water partition coefficient (Wildman–Crippen LogP) is 4.66. The van der Waals surface area contributed by atoms with Crippen molar-refractivity contribution in [2.24, 2.45) is 0 Å².